The first-order chi connectivity index (χ1) is 4.50. The fourth-order valence-electron chi connectivity index (χ4n) is 0.160. The second-order valence-electron chi connectivity index (χ2n) is 1.55. The predicted molar refractivity (Wildman–Crippen MR) is 34.1 cm³/mol. The molecule has 0 aliphatic rings. The summed E-state index contributed by atoms with van der Waals surface area (Å²) in [4.78, 5) is 36.3. The second kappa shape index (κ2) is 4.35. The molecule has 2 unspecified atom stereocenters. The van der Waals surface area contributed by atoms with Crippen LogP contribution < -0.4 is 9.79 Å². The standard InChI is InChI=1S/CH4Cl2O6P2.Zn/c2-1(3,10(4,5)6)11(7,8)9;/h(H2,4,5,6)(H2,7,8,9);/q;+2/p-2. The fraction of sp³-hybridized carbons (Fsp3) is 1.00. The van der Waals surface area contributed by atoms with Crippen LogP contribution in [0.2, 0.25) is 0 Å². The van der Waals surface area contributed by atoms with Crippen molar-refractivity contribution in [1.82, 2.24) is 0 Å². The molecule has 68 valence electrons. The zero-order valence-electron chi connectivity index (χ0n) is 5.38. The van der Waals surface area contributed by atoms with Crippen molar-refractivity contribution in [3.63, 3.8) is 0 Å². The number of halogens is 2. The van der Waals surface area contributed by atoms with Gasteiger partial charge in [-0.05, 0) is 0 Å². The molecular formula is CH2Cl2O6P2Zn. The van der Waals surface area contributed by atoms with Gasteiger partial charge in [-0.3, -0.25) is 0 Å². The Morgan fingerprint density at radius 3 is 1.25 bits per heavy atom. The predicted octanol–water partition coefficient (Wildman–Crippen LogP) is -0.836. The van der Waals surface area contributed by atoms with Crippen LogP contribution in [0.5, 0.6) is 0 Å². The van der Waals surface area contributed by atoms with Gasteiger partial charge in [0, 0.05) is 0 Å². The van der Waals surface area contributed by atoms with Gasteiger partial charge in [-0.25, -0.2) is 0 Å². The molecule has 0 aromatic rings. The molecule has 11 heteroatoms. The van der Waals surface area contributed by atoms with E-state index >= 15 is 0 Å². The van der Waals surface area contributed by atoms with E-state index in [9.17, 15) is 18.9 Å². The Bertz CT molecular complexity index is 216. The van der Waals surface area contributed by atoms with Gasteiger partial charge in [-0.2, -0.15) is 0 Å². The van der Waals surface area contributed by atoms with Crippen LogP contribution >= 0.6 is 38.4 Å². The van der Waals surface area contributed by atoms with Crippen LogP contribution in [0.25, 0.3) is 0 Å². The Kier molecular flexibility index (Phi) is 5.78. The molecule has 2 N–H and O–H groups in total. The van der Waals surface area contributed by atoms with E-state index < -0.39 is 19.0 Å². The summed E-state index contributed by atoms with van der Waals surface area (Å²) in [6, 6.07) is 0. The molecule has 0 fully saturated rings. The molecule has 0 aromatic heterocycles. The van der Waals surface area contributed by atoms with Crippen molar-refractivity contribution in [3.8, 4) is 0 Å². The molecule has 0 aromatic carbocycles. The van der Waals surface area contributed by atoms with E-state index in [1.54, 1.807) is 0 Å². The third-order valence-corrected chi connectivity index (χ3v) is 6.12. The third-order valence-electron chi connectivity index (χ3n) is 0.680. The SMILES string of the molecule is O=P([O-])(O)C(Cl)(Cl)P(=O)([O-])O.[Zn+2]. The van der Waals surface area contributed by atoms with Gasteiger partial charge >= 0.3 is 19.5 Å². The smallest absolute Gasteiger partial charge is 0.776 e. The van der Waals surface area contributed by atoms with Crippen LogP contribution in [0.15, 0.2) is 0 Å². The number of hydrogen-bond donors (Lipinski definition) is 2. The Labute approximate surface area is 90.3 Å². The summed E-state index contributed by atoms with van der Waals surface area (Å²) in [6.45, 7) is 0. The van der Waals surface area contributed by atoms with E-state index in [4.69, 9.17) is 9.79 Å². The van der Waals surface area contributed by atoms with E-state index in [0.29, 0.717) is 0 Å². The van der Waals surface area contributed by atoms with Crippen molar-refractivity contribution in [1.29, 1.82) is 0 Å². The van der Waals surface area contributed by atoms with Gasteiger partial charge in [0.1, 0.15) is 0 Å². The van der Waals surface area contributed by atoms with E-state index in [1.807, 2.05) is 0 Å². The molecule has 0 bridgehead atoms. The Hall–Kier alpha value is 1.50. The maximum atomic E-state index is 10.1. The quantitative estimate of drug-likeness (QED) is 0.390. The van der Waals surface area contributed by atoms with Gasteiger partial charge in [0.05, 0.1) is 0 Å². The van der Waals surface area contributed by atoms with E-state index in [1.165, 1.54) is 0 Å². The van der Waals surface area contributed by atoms with Crippen LogP contribution in [0.1, 0.15) is 0 Å². The summed E-state index contributed by atoms with van der Waals surface area (Å²) >= 11 is 9.21. The first kappa shape index (κ1) is 16.0. The molecule has 0 radical (unpaired) electrons. The van der Waals surface area contributed by atoms with Gasteiger partial charge in [0.2, 0.25) is 3.82 Å². The molecule has 0 aliphatic heterocycles. The second-order valence-corrected chi connectivity index (χ2v) is 7.71. The summed E-state index contributed by atoms with van der Waals surface area (Å²) in [5, 5.41) is 0. The van der Waals surface area contributed by atoms with Crippen LogP contribution in [-0.4, -0.2) is 13.6 Å². The summed E-state index contributed by atoms with van der Waals surface area (Å²) in [7, 11) is -11.1. The summed E-state index contributed by atoms with van der Waals surface area (Å²) in [6.07, 6.45) is 0. The molecule has 0 aliphatic carbocycles. The zero-order chi connectivity index (χ0) is 9.50. The average Bonchev–Trinajstić information content (AvgIpc) is 1.58. The molecular weight excluding hydrogens is 306 g/mol. The molecule has 0 heterocycles. The molecule has 0 amide bonds. The van der Waals surface area contributed by atoms with Gasteiger partial charge in [-0.15, -0.1) is 0 Å². The van der Waals surface area contributed by atoms with Crippen LogP contribution in [0.3, 0.4) is 0 Å². The largest absolute Gasteiger partial charge is 2.00 e. The minimum Gasteiger partial charge on any atom is -0.776 e. The van der Waals surface area contributed by atoms with E-state index in [0.717, 1.165) is 0 Å². The van der Waals surface area contributed by atoms with Crippen molar-refractivity contribution in [2.45, 2.75) is 3.82 Å². The molecule has 0 rings (SSSR count). The van der Waals surface area contributed by atoms with Crippen LogP contribution in [0.4, 0.5) is 0 Å². The van der Waals surface area contributed by atoms with Crippen molar-refractivity contribution in [3.05, 3.63) is 0 Å². The maximum absolute atomic E-state index is 10.1. The first-order valence-electron chi connectivity index (χ1n) is 1.96. The topological polar surface area (TPSA) is 121 Å². The molecule has 2 atom stereocenters. The average molecular weight is 308 g/mol. The van der Waals surface area contributed by atoms with Gasteiger partial charge in [0.15, 0.2) is 15.2 Å². The Balaban J connectivity index is 0. The van der Waals surface area contributed by atoms with Gasteiger partial charge in [-0.1, -0.05) is 23.2 Å². The van der Waals surface area contributed by atoms with E-state index in [2.05, 4.69) is 23.2 Å². The fourth-order valence-corrected chi connectivity index (χ4v) is 1.44. The molecule has 0 saturated carbocycles. The molecule has 6 nitrogen and oxygen atoms in total. The third kappa shape index (κ3) is 3.34. The molecule has 0 saturated heterocycles. The summed E-state index contributed by atoms with van der Waals surface area (Å²) in [5.74, 6) is 0. The molecule has 0 spiro atoms. The minimum absolute atomic E-state index is 0. The molecule has 12 heavy (non-hydrogen) atoms. The number of rotatable bonds is 2. The number of alkyl halides is 2. The first-order valence-corrected chi connectivity index (χ1v) is 5.87. The monoisotopic (exact) mass is 306 g/mol. The summed E-state index contributed by atoms with van der Waals surface area (Å²) in [5.41, 5.74) is 0. The Morgan fingerprint density at radius 2 is 1.25 bits per heavy atom. The maximum Gasteiger partial charge on any atom is 2.00 e. The Morgan fingerprint density at radius 1 is 1.08 bits per heavy atom. The van der Waals surface area contributed by atoms with E-state index in [-0.39, 0.29) is 19.5 Å². The van der Waals surface area contributed by atoms with Crippen LogP contribution in [-0.2, 0) is 28.6 Å². The van der Waals surface area contributed by atoms with Crippen molar-refractivity contribution in [2.24, 2.45) is 0 Å². The van der Waals surface area contributed by atoms with Crippen LogP contribution in [0, 0.1) is 0 Å². The van der Waals surface area contributed by atoms with Crippen molar-refractivity contribution >= 4 is 38.4 Å². The summed E-state index contributed by atoms with van der Waals surface area (Å²) < 4.78 is 16.6. The van der Waals surface area contributed by atoms with Crippen molar-refractivity contribution < 1.29 is 48.2 Å². The van der Waals surface area contributed by atoms with Gasteiger partial charge < -0.3 is 28.7 Å². The normalized spacial score (nSPS) is 21.8. The number of hydrogen-bond acceptors (Lipinski definition) is 4. The van der Waals surface area contributed by atoms with Crippen molar-refractivity contribution in [2.75, 3.05) is 0 Å². The minimum atomic E-state index is -5.53. The zero-order valence-corrected chi connectivity index (χ0v) is 11.7. The van der Waals surface area contributed by atoms with Gasteiger partial charge in [0.25, 0.3) is 0 Å².